The molecule has 0 fully saturated rings. The van der Waals surface area contributed by atoms with Gasteiger partial charge >= 0.3 is 0 Å². The van der Waals surface area contributed by atoms with Gasteiger partial charge in [0.15, 0.2) is 0 Å². The van der Waals surface area contributed by atoms with Crippen LogP contribution in [-0.2, 0) is 4.74 Å². The second kappa shape index (κ2) is 10.1. The van der Waals surface area contributed by atoms with Crippen LogP contribution in [0.2, 0.25) is 0 Å². The normalized spacial score (nSPS) is 13.7. The number of nitrogens with one attached hydrogen (secondary N) is 1. The number of hydrogen-bond acceptors (Lipinski definition) is 2. The highest BCUT2D eigenvalue weighted by molar-refractivity contribution is 4.63. The lowest BCUT2D eigenvalue weighted by molar-refractivity contribution is 0.108. The Morgan fingerprint density at radius 1 is 0.938 bits per heavy atom. The van der Waals surface area contributed by atoms with E-state index < -0.39 is 0 Å². The fraction of sp³-hybridized carbons (Fsp3) is 1.00. The topological polar surface area (TPSA) is 21.3 Å². The van der Waals surface area contributed by atoms with Crippen LogP contribution in [0.25, 0.3) is 0 Å². The second-order valence-electron chi connectivity index (χ2n) is 5.64. The molecule has 0 aromatic carbocycles. The molecule has 0 aliphatic heterocycles. The third kappa shape index (κ3) is 10.4. The molecule has 1 atom stereocenters. The van der Waals surface area contributed by atoms with Crippen LogP contribution < -0.4 is 5.32 Å². The van der Waals surface area contributed by atoms with Crippen LogP contribution in [-0.4, -0.2) is 26.8 Å². The van der Waals surface area contributed by atoms with Gasteiger partial charge in [0.05, 0.1) is 0 Å². The molecule has 0 amide bonds. The van der Waals surface area contributed by atoms with Crippen molar-refractivity contribution in [3.8, 4) is 0 Å². The van der Waals surface area contributed by atoms with E-state index in [0.29, 0.717) is 0 Å². The average molecular weight is 229 g/mol. The summed E-state index contributed by atoms with van der Waals surface area (Å²) in [4.78, 5) is 0. The first kappa shape index (κ1) is 15.9. The summed E-state index contributed by atoms with van der Waals surface area (Å²) >= 11 is 0. The van der Waals surface area contributed by atoms with E-state index in [2.05, 4.69) is 33.0 Å². The Balaban J connectivity index is 3.51. The van der Waals surface area contributed by atoms with Gasteiger partial charge in [-0.3, -0.25) is 0 Å². The lowest BCUT2D eigenvalue weighted by atomic mass is 9.94. The fourth-order valence-electron chi connectivity index (χ4n) is 1.93. The van der Waals surface area contributed by atoms with E-state index in [4.69, 9.17) is 4.74 Å². The molecule has 98 valence electrons. The molecule has 0 bridgehead atoms. The molecule has 0 saturated carbocycles. The molecule has 0 spiro atoms. The predicted molar refractivity (Wildman–Crippen MR) is 71.8 cm³/mol. The summed E-state index contributed by atoms with van der Waals surface area (Å²) in [5.74, 6) is 2.31. The van der Waals surface area contributed by atoms with Crippen molar-refractivity contribution in [3.63, 3.8) is 0 Å². The van der Waals surface area contributed by atoms with Crippen LogP contribution in [0.3, 0.4) is 0 Å². The molecule has 16 heavy (non-hydrogen) atoms. The van der Waals surface area contributed by atoms with E-state index >= 15 is 0 Å². The Morgan fingerprint density at radius 2 is 1.56 bits per heavy atom. The molecule has 0 radical (unpaired) electrons. The van der Waals surface area contributed by atoms with Gasteiger partial charge in [-0.15, -0.1) is 0 Å². The van der Waals surface area contributed by atoms with Crippen LogP contribution in [0.5, 0.6) is 0 Å². The summed E-state index contributed by atoms with van der Waals surface area (Å²) in [5.41, 5.74) is 0. The first-order valence-electron chi connectivity index (χ1n) is 6.78. The van der Waals surface area contributed by atoms with Gasteiger partial charge in [-0.2, -0.15) is 0 Å². The molecule has 0 heterocycles. The summed E-state index contributed by atoms with van der Waals surface area (Å²) in [6.45, 7) is 12.0. The molecule has 2 nitrogen and oxygen atoms in total. The first-order valence-corrected chi connectivity index (χ1v) is 6.78. The zero-order valence-electron chi connectivity index (χ0n) is 11.9. The van der Waals surface area contributed by atoms with E-state index in [-0.39, 0.29) is 0 Å². The Labute approximate surface area is 102 Å². The molecule has 0 saturated heterocycles. The molecule has 2 heteroatoms. The van der Waals surface area contributed by atoms with E-state index in [9.17, 15) is 0 Å². The van der Waals surface area contributed by atoms with Gasteiger partial charge in [0, 0.05) is 13.2 Å². The summed E-state index contributed by atoms with van der Waals surface area (Å²) in [6.07, 6.45) is 3.67. The summed E-state index contributed by atoms with van der Waals surface area (Å²) in [6, 6.07) is 0. The van der Waals surface area contributed by atoms with Crippen LogP contribution >= 0.6 is 0 Å². The van der Waals surface area contributed by atoms with Gasteiger partial charge in [-0.1, -0.05) is 27.7 Å². The fourth-order valence-corrected chi connectivity index (χ4v) is 1.93. The van der Waals surface area contributed by atoms with Crippen molar-refractivity contribution in [1.29, 1.82) is 0 Å². The number of ether oxygens (including phenoxy) is 1. The summed E-state index contributed by atoms with van der Waals surface area (Å²) < 4.78 is 5.68. The van der Waals surface area contributed by atoms with Gasteiger partial charge in [0.1, 0.15) is 0 Å². The van der Waals surface area contributed by atoms with E-state index in [1.165, 1.54) is 19.3 Å². The highest BCUT2D eigenvalue weighted by Crippen LogP contribution is 2.14. The molecule has 1 N–H and O–H groups in total. The standard InChI is InChI=1S/C14H31NO/c1-12(2)6-8-16-9-7-14(11-15-5)10-13(3)4/h12-15H,6-11H2,1-5H3. The van der Waals surface area contributed by atoms with Crippen molar-refractivity contribution >= 4 is 0 Å². The maximum atomic E-state index is 5.68. The maximum absolute atomic E-state index is 5.68. The van der Waals surface area contributed by atoms with Crippen molar-refractivity contribution in [2.75, 3.05) is 26.8 Å². The third-order valence-corrected chi connectivity index (χ3v) is 2.81. The molecule has 0 aliphatic rings. The molecular formula is C14H31NO. The third-order valence-electron chi connectivity index (χ3n) is 2.81. The molecule has 0 aromatic rings. The zero-order valence-corrected chi connectivity index (χ0v) is 11.9. The SMILES string of the molecule is CNCC(CCOCCC(C)C)CC(C)C. The summed E-state index contributed by atoms with van der Waals surface area (Å²) in [5, 5.41) is 3.28. The summed E-state index contributed by atoms with van der Waals surface area (Å²) in [7, 11) is 2.03. The maximum Gasteiger partial charge on any atom is 0.0469 e. The van der Waals surface area contributed by atoms with Crippen molar-refractivity contribution in [3.05, 3.63) is 0 Å². The van der Waals surface area contributed by atoms with Gasteiger partial charge in [-0.05, 0) is 50.6 Å². The molecule has 1 unspecified atom stereocenters. The number of hydrogen-bond donors (Lipinski definition) is 1. The van der Waals surface area contributed by atoms with Gasteiger partial charge < -0.3 is 10.1 Å². The minimum atomic E-state index is 0.753. The molecule has 0 aliphatic carbocycles. The van der Waals surface area contributed by atoms with Crippen LogP contribution in [0.15, 0.2) is 0 Å². The lowest BCUT2D eigenvalue weighted by Gasteiger charge is -2.18. The average Bonchev–Trinajstić information content (AvgIpc) is 2.16. The number of rotatable bonds is 10. The largest absolute Gasteiger partial charge is 0.381 e. The van der Waals surface area contributed by atoms with Crippen molar-refractivity contribution in [2.45, 2.75) is 47.0 Å². The lowest BCUT2D eigenvalue weighted by Crippen LogP contribution is -2.22. The zero-order chi connectivity index (χ0) is 12.4. The predicted octanol–water partition coefficient (Wildman–Crippen LogP) is 3.32. The Bertz CT molecular complexity index is 146. The first-order chi connectivity index (χ1) is 7.56. The van der Waals surface area contributed by atoms with E-state index in [0.717, 1.165) is 37.5 Å². The second-order valence-corrected chi connectivity index (χ2v) is 5.64. The van der Waals surface area contributed by atoms with Crippen LogP contribution in [0.4, 0.5) is 0 Å². The Kier molecular flexibility index (Phi) is 10.0. The molecular weight excluding hydrogens is 198 g/mol. The monoisotopic (exact) mass is 229 g/mol. The highest BCUT2D eigenvalue weighted by Gasteiger charge is 2.09. The Morgan fingerprint density at radius 3 is 2.06 bits per heavy atom. The van der Waals surface area contributed by atoms with Crippen molar-refractivity contribution < 1.29 is 4.74 Å². The van der Waals surface area contributed by atoms with Crippen LogP contribution in [0.1, 0.15) is 47.0 Å². The Hall–Kier alpha value is -0.0800. The minimum Gasteiger partial charge on any atom is -0.381 e. The highest BCUT2D eigenvalue weighted by atomic mass is 16.5. The van der Waals surface area contributed by atoms with Gasteiger partial charge in [-0.25, -0.2) is 0 Å². The molecule has 0 rings (SSSR count). The van der Waals surface area contributed by atoms with Crippen LogP contribution in [0, 0.1) is 17.8 Å². The van der Waals surface area contributed by atoms with Crippen molar-refractivity contribution in [2.24, 2.45) is 17.8 Å². The molecule has 0 aromatic heterocycles. The van der Waals surface area contributed by atoms with Gasteiger partial charge in [0.2, 0.25) is 0 Å². The van der Waals surface area contributed by atoms with Gasteiger partial charge in [0.25, 0.3) is 0 Å². The quantitative estimate of drug-likeness (QED) is 0.580. The van der Waals surface area contributed by atoms with E-state index in [1.807, 2.05) is 7.05 Å². The minimum absolute atomic E-state index is 0.753. The van der Waals surface area contributed by atoms with Crippen molar-refractivity contribution in [1.82, 2.24) is 5.32 Å². The van der Waals surface area contributed by atoms with E-state index in [1.54, 1.807) is 0 Å². The smallest absolute Gasteiger partial charge is 0.0469 e.